The summed E-state index contributed by atoms with van der Waals surface area (Å²) in [6, 6.07) is -8.29. The van der Waals surface area contributed by atoms with Crippen molar-refractivity contribution >= 4 is 86.8 Å². The number of hydrogen-bond acceptors (Lipinski definition) is 35. The molecule has 19 unspecified atom stereocenters. The van der Waals surface area contributed by atoms with Crippen LogP contribution in [0.15, 0.2) is 28.3 Å². The minimum absolute atomic E-state index is 0. The van der Waals surface area contributed by atoms with Crippen molar-refractivity contribution in [3.63, 3.8) is 0 Å². The molecule has 0 saturated carbocycles. The van der Waals surface area contributed by atoms with Gasteiger partial charge < -0.3 is 139 Å². The van der Waals surface area contributed by atoms with Crippen molar-refractivity contribution in [2.45, 2.75) is 157 Å². The third-order valence-electron chi connectivity index (χ3n) is 15.2. The Morgan fingerprint density at radius 2 is 1.54 bits per heavy atom. The number of aliphatic hydroxyl groups excluding tert-OH is 8. The van der Waals surface area contributed by atoms with Crippen molar-refractivity contribution in [2.75, 3.05) is 56.8 Å². The molecule has 537 valence electrons. The molecule has 97 heavy (non-hydrogen) atoms. The molecule has 2 fully saturated rings. The average molecular weight is 1470 g/mol. The number of nitrogens with zero attached hydrogens (tertiary/aromatic N) is 6. The van der Waals surface area contributed by atoms with Gasteiger partial charge in [0.05, 0.1) is 97.1 Å². The molecular weight excluding hydrogens is 1390 g/mol. The van der Waals surface area contributed by atoms with Crippen LogP contribution in [0.3, 0.4) is 0 Å². The first-order chi connectivity index (χ1) is 45.3. The predicted octanol–water partition coefficient (Wildman–Crippen LogP) is -9.41. The molecule has 19 atom stereocenters. The molecule has 6 rings (SSSR count). The molecule has 0 bridgehead atoms. The smallest absolute Gasteiger partial charge is 0.862 e. The van der Waals surface area contributed by atoms with Crippen LogP contribution in [0, 0.1) is 29.1 Å². The molecule has 6 heterocycles. The molecule has 0 aromatic carbocycles. The number of rotatable bonds is 35. The van der Waals surface area contributed by atoms with Crippen molar-refractivity contribution in [1.82, 2.24) is 56.5 Å². The number of nitrogen functional groups attached to an aromatic ring is 1. The fraction of sp³-hybridized carbons (Fsp3) is 0.618. The fourth-order valence-electron chi connectivity index (χ4n) is 9.70. The SMILES string of the molecule is Cc1c(N)nc(C(CC(=N)[O-])NCC(N)C(=N)[O-])nc1C([O-])=NC(C(=O)NC(C)C(O)C(C)C(=O)NC(C(=O)NCCc1nc(-c2nc(C(=O)NCCC[S+](C)C)cs2)cs1)C(C)O)C(OC1OC(CO)C(O)C(O)C1OC1OC(CO)C(O)C(OC(=N)[O-])C1O)c1cnc[nH]1.[Fe+3]. The van der Waals surface area contributed by atoms with Crippen LogP contribution in [0.5, 0.6) is 0 Å². The maximum absolute atomic E-state index is 15.1. The largest absolute Gasteiger partial charge is 3.00 e. The number of nitrogens with two attached hydrogens (primary N) is 2. The molecule has 2 aliphatic heterocycles. The second-order valence-electron chi connectivity index (χ2n) is 22.6. The number of carbonyl (C=O) groups is 4. The van der Waals surface area contributed by atoms with Gasteiger partial charge in [-0.15, -0.1) is 22.7 Å². The fourth-order valence-corrected chi connectivity index (χ4v) is 12.0. The van der Waals surface area contributed by atoms with Crippen LogP contribution in [0.1, 0.15) is 84.0 Å². The third-order valence-corrected chi connectivity index (χ3v) is 18.0. The second-order valence-corrected chi connectivity index (χ2v) is 26.8. The normalized spacial score (nSPS) is 24.0. The number of aromatic nitrogens is 6. The van der Waals surface area contributed by atoms with Gasteiger partial charge in [0.2, 0.25) is 17.7 Å². The maximum Gasteiger partial charge on any atom is 3.00 e. The van der Waals surface area contributed by atoms with Crippen molar-refractivity contribution < 1.29 is 121 Å². The topological polar surface area (TPSA) is 645 Å². The summed E-state index contributed by atoms with van der Waals surface area (Å²) in [4.78, 5) is 83.6. The number of aliphatic imine (C=N–C) groups is 1. The summed E-state index contributed by atoms with van der Waals surface area (Å²) in [5.74, 6) is -8.67. The summed E-state index contributed by atoms with van der Waals surface area (Å²) in [5, 5.41) is 178. The molecule has 4 amide bonds. The zero-order valence-electron chi connectivity index (χ0n) is 52.9. The van der Waals surface area contributed by atoms with E-state index in [0.29, 0.717) is 22.3 Å². The molecular formula is C55H80FeN17O21S3. The molecule has 1 radical (unpaired) electrons. The van der Waals surface area contributed by atoms with E-state index in [9.17, 15) is 75.7 Å². The van der Waals surface area contributed by atoms with Gasteiger partial charge >= 0.3 is 17.1 Å². The van der Waals surface area contributed by atoms with Crippen LogP contribution < -0.4 is 58.5 Å². The number of nitrogens with one attached hydrogen (secondary N) is 9. The summed E-state index contributed by atoms with van der Waals surface area (Å²) in [6.45, 7) is 2.91. The maximum atomic E-state index is 15.1. The molecule has 4 aromatic heterocycles. The Morgan fingerprint density at radius 3 is 2.15 bits per heavy atom. The number of hydrogen-bond donors (Lipinski definition) is 19. The van der Waals surface area contributed by atoms with Gasteiger partial charge in [0.1, 0.15) is 88.6 Å². The van der Waals surface area contributed by atoms with Gasteiger partial charge in [-0.25, -0.2) is 24.9 Å². The predicted molar refractivity (Wildman–Crippen MR) is 333 cm³/mol. The summed E-state index contributed by atoms with van der Waals surface area (Å²) in [5.41, 5.74) is 11.7. The van der Waals surface area contributed by atoms with Gasteiger partial charge in [-0.3, -0.25) is 29.6 Å². The molecule has 42 heteroatoms. The first kappa shape index (κ1) is 80.9. The number of ether oxygens (including phenoxy) is 5. The van der Waals surface area contributed by atoms with E-state index in [4.69, 9.17) is 51.4 Å². The molecule has 4 aromatic rings. The molecule has 38 nitrogen and oxygen atoms in total. The Labute approximate surface area is 575 Å². The number of thiazole rings is 2. The van der Waals surface area contributed by atoms with Crippen LogP contribution in [-0.2, 0) is 72.5 Å². The Morgan fingerprint density at radius 1 is 0.856 bits per heavy atom. The van der Waals surface area contributed by atoms with Gasteiger partial charge in [0.25, 0.3) is 5.91 Å². The van der Waals surface area contributed by atoms with Crippen LogP contribution >= 0.6 is 22.7 Å². The van der Waals surface area contributed by atoms with Gasteiger partial charge in [-0.05, 0) is 49.9 Å². The quantitative estimate of drug-likeness (QED) is 0.00669. The van der Waals surface area contributed by atoms with Crippen molar-refractivity contribution in [1.29, 1.82) is 16.2 Å². The number of amides is 4. The summed E-state index contributed by atoms with van der Waals surface area (Å²) >= 11 is 2.51. The first-order valence-electron chi connectivity index (χ1n) is 29.7. The van der Waals surface area contributed by atoms with Crippen LogP contribution in [0.25, 0.3) is 10.7 Å². The van der Waals surface area contributed by atoms with E-state index >= 15 is 4.79 Å². The van der Waals surface area contributed by atoms with E-state index in [0.717, 1.165) is 24.7 Å². The van der Waals surface area contributed by atoms with E-state index in [1.165, 1.54) is 50.4 Å². The van der Waals surface area contributed by atoms with E-state index in [2.05, 4.69) is 74.0 Å². The van der Waals surface area contributed by atoms with Gasteiger partial charge in [-0.2, -0.15) is 0 Å². The summed E-state index contributed by atoms with van der Waals surface area (Å²) < 4.78 is 28.5. The van der Waals surface area contributed by atoms with E-state index in [1.54, 1.807) is 10.8 Å². The van der Waals surface area contributed by atoms with Crippen LogP contribution in [-0.4, -0.2) is 267 Å². The molecule has 21 N–H and O–H groups in total. The Bertz CT molecular complexity index is 3300. The summed E-state index contributed by atoms with van der Waals surface area (Å²) in [6.07, 6.45) is -21.0. The van der Waals surface area contributed by atoms with E-state index in [-0.39, 0.29) is 63.8 Å². The number of aromatic amines is 1. The summed E-state index contributed by atoms with van der Waals surface area (Å²) in [7, 11) is 0.251. The third kappa shape index (κ3) is 21.9. The molecule has 2 aliphatic rings. The monoisotopic (exact) mass is 1470 g/mol. The van der Waals surface area contributed by atoms with E-state index < -0.39 is 201 Å². The minimum Gasteiger partial charge on any atom is -0.862 e. The molecule has 0 spiro atoms. The molecule has 0 aliphatic carbocycles. The zero-order chi connectivity index (χ0) is 71.0. The zero-order valence-corrected chi connectivity index (χ0v) is 56.5. The standard InChI is InChI=1S/C55H83N17O21S3.Fe/c1-20-33(69-46(72-44(20)58)25(12-31(57)76)64-13-24(56)45(59)82)50(86)71-35(41(26-14-61-19-65-26)91-54-43(39(80)37(78)29(15-73)90-54)92-53-40(81)42(93-55(60)88)38(79)30(16-74)89-53)51(87)66-22(3)36(77)21(2)47(83)70-34(23(4)75)49(85)63-10-8-32-67-28(18-94-32)52-68-27(17-95-52)48(84)62-9-7-11-96(5)6;/h14,17-19,21-25,29-30,34-43,53-54,64,73-75,77-81H,7-13,15-16,56H2,1-6H3,(H13-,57,58,59,60,61,62,63,65,66,69,70,71,72,76,82,83,84,85,86,87,88);/q;+3/p-3. The van der Waals surface area contributed by atoms with Crippen molar-refractivity contribution in [3.05, 3.63) is 56.8 Å². The number of aliphatic hydroxyl groups is 8. The van der Waals surface area contributed by atoms with Crippen molar-refractivity contribution in [2.24, 2.45) is 16.6 Å². The second kappa shape index (κ2) is 37.4. The van der Waals surface area contributed by atoms with Crippen LogP contribution in [0.2, 0.25) is 0 Å². The minimum atomic E-state index is -2.32. The van der Waals surface area contributed by atoms with Crippen molar-refractivity contribution in [3.8, 4) is 10.7 Å². The number of H-pyrrole nitrogens is 1. The Balaban J connectivity index is 0.0000170. The Kier molecular flexibility index (Phi) is 31.2. The van der Waals surface area contributed by atoms with Gasteiger partial charge in [-0.1, -0.05) is 6.92 Å². The average Bonchev–Trinajstić information content (AvgIpc) is 1.16. The molecule has 2 saturated heterocycles. The Hall–Kier alpha value is -6.78. The first-order valence-corrected chi connectivity index (χ1v) is 33.6. The van der Waals surface area contributed by atoms with Gasteiger partial charge in [0, 0.05) is 60.7 Å². The van der Waals surface area contributed by atoms with E-state index in [1.807, 2.05) is 0 Å². The number of anilines is 1. The number of imidazole rings is 1. The van der Waals surface area contributed by atoms with Gasteiger partial charge in [0.15, 0.2) is 18.6 Å². The van der Waals surface area contributed by atoms with Crippen LogP contribution in [0.4, 0.5) is 5.82 Å². The number of carbonyl (C=O) groups excluding carboxylic acids is 4.